The maximum absolute atomic E-state index is 11.7. The zero-order chi connectivity index (χ0) is 15.6. The van der Waals surface area contributed by atoms with Gasteiger partial charge in [-0.2, -0.15) is 0 Å². The van der Waals surface area contributed by atoms with Crippen LogP contribution in [0.25, 0.3) is 5.69 Å². The first kappa shape index (κ1) is 14.7. The highest BCUT2D eigenvalue weighted by atomic mass is 16.5. The van der Waals surface area contributed by atoms with E-state index in [0.717, 1.165) is 0 Å². The van der Waals surface area contributed by atoms with E-state index < -0.39 is 11.9 Å². The number of carbonyl (C=O) groups excluding carboxylic acids is 2. The van der Waals surface area contributed by atoms with Crippen molar-refractivity contribution in [3.05, 3.63) is 40.7 Å². The summed E-state index contributed by atoms with van der Waals surface area (Å²) in [5, 5.41) is 7.78. The molecular formula is C14H15N3O4. The summed E-state index contributed by atoms with van der Waals surface area (Å²) in [6.07, 6.45) is 0. The lowest BCUT2D eigenvalue weighted by Gasteiger charge is -2.10. The van der Waals surface area contributed by atoms with Gasteiger partial charge >= 0.3 is 11.9 Å². The third kappa shape index (κ3) is 2.49. The van der Waals surface area contributed by atoms with Crippen molar-refractivity contribution in [3.8, 4) is 5.69 Å². The molecule has 0 radical (unpaired) electrons. The van der Waals surface area contributed by atoms with Gasteiger partial charge in [0.2, 0.25) is 0 Å². The largest absolute Gasteiger partial charge is 0.465 e. The zero-order valence-corrected chi connectivity index (χ0v) is 12.2. The highest BCUT2D eigenvalue weighted by molar-refractivity contribution is 5.92. The Hall–Kier alpha value is -2.70. The fourth-order valence-corrected chi connectivity index (χ4v) is 2.03. The Morgan fingerprint density at radius 2 is 1.76 bits per heavy atom. The summed E-state index contributed by atoms with van der Waals surface area (Å²) in [4.78, 5) is 23.3. The minimum absolute atomic E-state index is 0.139. The minimum Gasteiger partial charge on any atom is -0.465 e. The zero-order valence-electron chi connectivity index (χ0n) is 12.2. The maximum Gasteiger partial charge on any atom is 0.360 e. The molecule has 2 aromatic rings. The number of esters is 2. The lowest BCUT2D eigenvalue weighted by molar-refractivity contribution is 0.0586. The average Bonchev–Trinajstić information content (AvgIpc) is 2.87. The lowest BCUT2D eigenvalue weighted by atomic mass is 10.1. The Bertz CT molecular complexity index is 706. The van der Waals surface area contributed by atoms with Crippen LogP contribution in [-0.4, -0.2) is 41.2 Å². The molecule has 0 atom stereocenters. The van der Waals surface area contributed by atoms with Crippen molar-refractivity contribution >= 4 is 11.9 Å². The Labute approximate surface area is 121 Å². The van der Waals surface area contributed by atoms with Gasteiger partial charge in [0.05, 0.1) is 31.2 Å². The quantitative estimate of drug-likeness (QED) is 0.795. The molecule has 0 fully saturated rings. The van der Waals surface area contributed by atoms with Crippen molar-refractivity contribution < 1.29 is 19.1 Å². The van der Waals surface area contributed by atoms with Crippen LogP contribution in [0.5, 0.6) is 0 Å². The van der Waals surface area contributed by atoms with E-state index >= 15 is 0 Å². The Kier molecular flexibility index (Phi) is 4.02. The smallest absolute Gasteiger partial charge is 0.360 e. The van der Waals surface area contributed by atoms with Crippen molar-refractivity contribution in [3.63, 3.8) is 0 Å². The number of ether oxygens (including phenoxy) is 2. The molecule has 0 aliphatic heterocycles. The van der Waals surface area contributed by atoms with Crippen LogP contribution in [-0.2, 0) is 9.47 Å². The Morgan fingerprint density at radius 3 is 2.38 bits per heavy atom. The number of hydrogen-bond acceptors (Lipinski definition) is 6. The minimum atomic E-state index is -0.555. The molecule has 0 aliphatic rings. The van der Waals surface area contributed by atoms with E-state index in [4.69, 9.17) is 4.74 Å². The third-order valence-electron chi connectivity index (χ3n) is 3.21. The number of aromatic nitrogens is 3. The van der Waals surface area contributed by atoms with E-state index in [1.54, 1.807) is 32.0 Å². The monoisotopic (exact) mass is 289 g/mol. The first-order chi connectivity index (χ1) is 10.0. The number of carbonyl (C=O) groups is 2. The van der Waals surface area contributed by atoms with Crippen molar-refractivity contribution in [2.24, 2.45) is 0 Å². The molecule has 0 bridgehead atoms. The third-order valence-corrected chi connectivity index (χ3v) is 3.21. The molecule has 0 amide bonds. The molecule has 1 heterocycles. The van der Waals surface area contributed by atoms with Crippen LogP contribution in [0.15, 0.2) is 18.2 Å². The highest BCUT2D eigenvalue weighted by Crippen LogP contribution is 2.20. The van der Waals surface area contributed by atoms with Crippen molar-refractivity contribution in [2.75, 3.05) is 14.2 Å². The second kappa shape index (κ2) is 5.74. The molecular weight excluding hydrogens is 274 g/mol. The summed E-state index contributed by atoms with van der Waals surface area (Å²) in [7, 11) is 2.61. The van der Waals surface area contributed by atoms with E-state index in [1.165, 1.54) is 18.9 Å². The number of rotatable bonds is 3. The number of benzene rings is 1. The maximum atomic E-state index is 11.7. The predicted octanol–water partition coefficient (Wildman–Crippen LogP) is 1.46. The van der Waals surface area contributed by atoms with Crippen LogP contribution in [0, 0.1) is 13.8 Å². The van der Waals surface area contributed by atoms with Crippen LogP contribution < -0.4 is 0 Å². The number of hydrogen-bond donors (Lipinski definition) is 0. The van der Waals surface area contributed by atoms with Gasteiger partial charge in [0, 0.05) is 0 Å². The molecule has 21 heavy (non-hydrogen) atoms. The molecule has 0 spiro atoms. The molecule has 2 rings (SSSR count). The van der Waals surface area contributed by atoms with E-state index in [-0.39, 0.29) is 5.69 Å². The summed E-state index contributed by atoms with van der Waals surface area (Å²) in [5.74, 6) is -0.985. The normalized spacial score (nSPS) is 10.3. The molecule has 110 valence electrons. The standard InChI is InChI=1S/C14H15N3O4/c1-8-10(13(18)20-3)6-5-7-11(8)17-9(2)12(15-16-17)14(19)21-4/h5-7H,1-4H3. The summed E-state index contributed by atoms with van der Waals surface area (Å²) in [6.45, 7) is 3.48. The van der Waals surface area contributed by atoms with E-state index in [9.17, 15) is 9.59 Å². The topological polar surface area (TPSA) is 83.3 Å². The van der Waals surface area contributed by atoms with Gasteiger partial charge in [-0.05, 0) is 31.5 Å². The van der Waals surface area contributed by atoms with E-state index in [1.807, 2.05) is 0 Å². The van der Waals surface area contributed by atoms with Crippen LogP contribution in [0.3, 0.4) is 0 Å². The van der Waals surface area contributed by atoms with Crippen LogP contribution in [0.2, 0.25) is 0 Å². The van der Waals surface area contributed by atoms with Gasteiger partial charge in [-0.15, -0.1) is 5.10 Å². The number of nitrogens with zero attached hydrogens (tertiary/aromatic N) is 3. The van der Waals surface area contributed by atoms with Gasteiger partial charge in [-0.1, -0.05) is 11.3 Å². The summed E-state index contributed by atoms with van der Waals surface area (Å²) < 4.78 is 10.9. The van der Waals surface area contributed by atoms with Crippen LogP contribution in [0.4, 0.5) is 0 Å². The number of methoxy groups -OCH3 is 2. The fraction of sp³-hybridized carbons (Fsp3) is 0.286. The first-order valence-electron chi connectivity index (χ1n) is 6.20. The SMILES string of the molecule is COC(=O)c1cccc(-n2nnc(C(=O)OC)c2C)c1C. The highest BCUT2D eigenvalue weighted by Gasteiger charge is 2.20. The van der Waals surface area contributed by atoms with Gasteiger partial charge in [0.1, 0.15) is 0 Å². The molecule has 0 unspecified atom stereocenters. The molecule has 1 aromatic carbocycles. The first-order valence-corrected chi connectivity index (χ1v) is 6.20. The van der Waals surface area contributed by atoms with Gasteiger partial charge in [0.25, 0.3) is 0 Å². The average molecular weight is 289 g/mol. The molecule has 7 nitrogen and oxygen atoms in total. The molecule has 7 heteroatoms. The van der Waals surface area contributed by atoms with Crippen LogP contribution in [0.1, 0.15) is 32.1 Å². The lowest BCUT2D eigenvalue weighted by Crippen LogP contribution is -2.09. The van der Waals surface area contributed by atoms with Crippen LogP contribution >= 0.6 is 0 Å². The fourth-order valence-electron chi connectivity index (χ4n) is 2.03. The summed E-state index contributed by atoms with van der Waals surface area (Å²) >= 11 is 0. The Morgan fingerprint density at radius 1 is 1.10 bits per heavy atom. The van der Waals surface area contributed by atoms with E-state index in [0.29, 0.717) is 22.5 Å². The Balaban J connectivity index is 2.56. The van der Waals surface area contributed by atoms with Gasteiger partial charge in [-0.25, -0.2) is 14.3 Å². The molecule has 0 saturated carbocycles. The molecule has 1 aromatic heterocycles. The van der Waals surface area contributed by atoms with Gasteiger partial charge < -0.3 is 9.47 Å². The second-order valence-electron chi connectivity index (χ2n) is 4.37. The molecule has 0 saturated heterocycles. The molecule has 0 N–H and O–H groups in total. The summed E-state index contributed by atoms with van der Waals surface area (Å²) in [5.41, 5.74) is 2.45. The van der Waals surface area contributed by atoms with Crippen molar-refractivity contribution in [2.45, 2.75) is 13.8 Å². The van der Waals surface area contributed by atoms with Gasteiger partial charge in [-0.3, -0.25) is 0 Å². The van der Waals surface area contributed by atoms with E-state index in [2.05, 4.69) is 15.0 Å². The summed E-state index contributed by atoms with van der Waals surface area (Å²) in [6, 6.07) is 5.16. The van der Waals surface area contributed by atoms with Crippen molar-refractivity contribution in [1.82, 2.24) is 15.0 Å². The molecule has 0 aliphatic carbocycles. The van der Waals surface area contributed by atoms with Crippen molar-refractivity contribution in [1.29, 1.82) is 0 Å². The van der Waals surface area contributed by atoms with Gasteiger partial charge in [0.15, 0.2) is 5.69 Å². The second-order valence-corrected chi connectivity index (χ2v) is 4.37. The predicted molar refractivity (Wildman–Crippen MR) is 73.5 cm³/mol.